The standard InChI is InChI=1S/C16H22N6O3S/c1-26(24,25)22(11-4-6-18-7-5-11)16-19-9-12-13(17)8-14(23)21(10-2-3-10)15(12)20-16/h8-11,18H,2-7,17H2,1H3. The molecule has 2 aliphatic rings. The molecule has 0 atom stereocenters. The fourth-order valence-corrected chi connectivity index (χ4v) is 4.69. The van der Waals surface area contributed by atoms with Gasteiger partial charge in [0.2, 0.25) is 16.0 Å². The van der Waals surface area contributed by atoms with Crippen LogP contribution in [0.1, 0.15) is 31.7 Å². The van der Waals surface area contributed by atoms with E-state index in [1.807, 2.05) is 0 Å². The average Bonchev–Trinajstić information content (AvgIpc) is 3.39. The summed E-state index contributed by atoms with van der Waals surface area (Å²) in [5.74, 6) is 0.103. The van der Waals surface area contributed by atoms with Crippen molar-refractivity contribution in [3.8, 4) is 0 Å². The Bertz CT molecular complexity index is 1010. The van der Waals surface area contributed by atoms with Gasteiger partial charge in [0.15, 0.2) is 5.65 Å². The predicted octanol–water partition coefficient (Wildman–Crippen LogP) is 0.227. The van der Waals surface area contributed by atoms with Crippen LogP contribution in [0, 0.1) is 0 Å². The number of anilines is 2. The highest BCUT2D eigenvalue weighted by atomic mass is 32.2. The van der Waals surface area contributed by atoms with Crippen LogP contribution >= 0.6 is 0 Å². The summed E-state index contributed by atoms with van der Waals surface area (Å²) in [4.78, 5) is 21.2. The largest absolute Gasteiger partial charge is 0.398 e. The molecule has 1 aliphatic carbocycles. The Labute approximate surface area is 151 Å². The molecule has 1 saturated heterocycles. The molecule has 26 heavy (non-hydrogen) atoms. The lowest BCUT2D eigenvalue weighted by Crippen LogP contribution is -2.46. The molecule has 0 radical (unpaired) electrons. The summed E-state index contributed by atoms with van der Waals surface area (Å²) in [6.45, 7) is 1.48. The van der Waals surface area contributed by atoms with Crippen molar-refractivity contribution in [2.75, 3.05) is 29.4 Å². The maximum absolute atomic E-state index is 12.5. The van der Waals surface area contributed by atoms with Crippen LogP contribution in [0.3, 0.4) is 0 Å². The van der Waals surface area contributed by atoms with E-state index in [0.29, 0.717) is 29.6 Å². The van der Waals surface area contributed by atoms with Crippen molar-refractivity contribution in [2.45, 2.75) is 37.8 Å². The molecule has 3 N–H and O–H groups in total. The molecule has 1 aliphatic heterocycles. The molecule has 0 aromatic carbocycles. The normalized spacial score (nSPS) is 19.0. The Kier molecular flexibility index (Phi) is 4.11. The summed E-state index contributed by atoms with van der Waals surface area (Å²) in [6, 6.07) is 1.27. The Hall–Kier alpha value is -2.20. The van der Waals surface area contributed by atoms with Crippen LogP contribution in [0.25, 0.3) is 11.0 Å². The van der Waals surface area contributed by atoms with Crippen molar-refractivity contribution >= 4 is 32.7 Å². The average molecular weight is 378 g/mol. The molecule has 1 saturated carbocycles. The number of nitrogens with two attached hydrogens (primary N) is 1. The summed E-state index contributed by atoms with van der Waals surface area (Å²) < 4.78 is 27.8. The Morgan fingerprint density at radius 2 is 1.96 bits per heavy atom. The van der Waals surface area contributed by atoms with Crippen LogP contribution in [-0.2, 0) is 10.0 Å². The number of sulfonamides is 1. The first-order chi connectivity index (χ1) is 12.4. The van der Waals surface area contributed by atoms with E-state index in [0.717, 1.165) is 32.2 Å². The molecule has 3 heterocycles. The second kappa shape index (κ2) is 6.20. The first-order valence-electron chi connectivity index (χ1n) is 8.74. The Morgan fingerprint density at radius 1 is 1.27 bits per heavy atom. The van der Waals surface area contributed by atoms with Crippen LogP contribution in [0.4, 0.5) is 11.6 Å². The second-order valence-corrected chi connectivity index (χ2v) is 8.85. The summed E-state index contributed by atoms with van der Waals surface area (Å²) in [7, 11) is -3.56. The van der Waals surface area contributed by atoms with E-state index in [2.05, 4.69) is 15.3 Å². The van der Waals surface area contributed by atoms with Gasteiger partial charge < -0.3 is 11.1 Å². The first-order valence-corrected chi connectivity index (χ1v) is 10.6. The highest BCUT2D eigenvalue weighted by Gasteiger charge is 2.32. The van der Waals surface area contributed by atoms with Gasteiger partial charge in [-0.05, 0) is 38.8 Å². The minimum atomic E-state index is -3.56. The molecule has 2 aromatic rings. The number of hydrogen-bond acceptors (Lipinski definition) is 7. The molecule has 0 unspecified atom stereocenters. The number of rotatable bonds is 4. The van der Waals surface area contributed by atoms with Gasteiger partial charge in [0.25, 0.3) is 5.56 Å². The Morgan fingerprint density at radius 3 is 2.58 bits per heavy atom. The van der Waals surface area contributed by atoms with Gasteiger partial charge in [0.1, 0.15) is 0 Å². The minimum absolute atomic E-state index is 0.0962. The zero-order valence-electron chi connectivity index (χ0n) is 14.6. The number of aromatic nitrogens is 3. The molecule has 0 spiro atoms. The van der Waals surface area contributed by atoms with E-state index in [-0.39, 0.29) is 23.6 Å². The van der Waals surface area contributed by atoms with Crippen molar-refractivity contribution in [3.63, 3.8) is 0 Å². The zero-order valence-corrected chi connectivity index (χ0v) is 15.4. The van der Waals surface area contributed by atoms with Crippen LogP contribution in [-0.4, -0.2) is 48.3 Å². The first kappa shape index (κ1) is 17.2. The molecule has 2 aromatic heterocycles. The zero-order chi connectivity index (χ0) is 18.5. The number of nitrogens with zero attached hydrogens (tertiary/aromatic N) is 4. The third-order valence-electron chi connectivity index (χ3n) is 4.92. The number of hydrogen-bond donors (Lipinski definition) is 2. The van der Waals surface area contributed by atoms with Crippen LogP contribution < -0.4 is 20.9 Å². The smallest absolute Gasteiger partial charge is 0.254 e. The van der Waals surface area contributed by atoms with Gasteiger partial charge in [-0.15, -0.1) is 0 Å². The quantitative estimate of drug-likeness (QED) is 0.780. The van der Waals surface area contributed by atoms with E-state index in [4.69, 9.17) is 5.73 Å². The molecule has 0 bridgehead atoms. The van der Waals surface area contributed by atoms with Crippen LogP contribution in [0.2, 0.25) is 0 Å². The number of piperidine rings is 1. The van der Waals surface area contributed by atoms with Gasteiger partial charge in [-0.1, -0.05) is 0 Å². The fourth-order valence-electron chi connectivity index (χ4n) is 3.55. The third kappa shape index (κ3) is 3.03. The number of nitrogens with one attached hydrogen (secondary N) is 1. The summed E-state index contributed by atoms with van der Waals surface area (Å²) >= 11 is 0. The molecule has 0 amide bonds. The lowest BCUT2D eigenvalue weighted by Gasteiger charge is -2.32. The van der Waals surface area contributed by atoms with E-state index in [1.54, 1.807) is 4.57 Å². The lowest BCUT2D eigenvalue weighted by atomic mass is 10.1. The minimum Gasteiger partial charge on any atom is -0.398 e. The van der Waals surface area contributed by atoms with Crippen molar-refractivity contribution in [1.82, 2.24) is 19.9 Å². The van der Waals surface area contributed by atoms with Crippen molar-refractivity contribution < 1.29 is 8.42 Å². The molecule has 140 valence electrons. The number of pyridine rings is 1. The molecule has 10 heteroatoms. The topological polar surface area (TPSA) is 123 Å². The Balaban J connectivity index is 1.89. The van der Waals surface area contributed by atoms with Gasteiger partial charge in [-0.2, -0.15) is 4.98 Å². The van der Waals surface area contributed by atoms with Crippen LogP contribution in [0.15, 0.2) is 17.1 Å². The van der Waals surface area contributed by atoms with Gasteiger partial charge >= 0.3 is 0 Å². The highest BCUT2D eigenvalue weighted by molar-refractivity contribution is 7.92. The van der Waals surface area contributed by atoms with Crippen molar-refractivity contribution in [1.29, 1.82) is 0 Å². The van der Waals surface area contributed by atoms with Gasteiger partial charge in [0, 0.05) is 24.0 Å². The van der Waals surface area contributed by atoms with Gasteiger partial charge in [0.05, 0.1) is 17.7 Å². The fraction of sp³-hybridized carbons (Fsp3) is 0.562. The maximum atomic E-state index is 12.5. The summed E-state index contributed by atoms with van der Waals surface area (Å²) in [5.41, 5.74) is 6.47. The summed E-state index contributed by atoms with van der Waals surface area (Å²) in [5, 5.41) is 3.79. The second-order valence-electron chi connectivity index (χ2n) is 6.99. The molecular weight excluding hydrogens is 356 g/mol. The molecule has 2 fully saturated rings. The SMILES string of the molecule is CS(=O)(=O)N(c1ncc2c(N)cc(=O)n(C3CC3)c2n1)C1CCNCC1. The predicted molar refractivity (Wildman–Crippen MR) is 99.7 cm³/mol. The highest BCUT2D eigenvalue weighted by Crippen LogP contribution is 2.36. The monoisotopic (exact) mass is 378 g/mol. The van der Waals surface area contributed by atoms with Crippen LogP contribution in [0.5, 0.6) is 0 Å². The molecular formula is C16H22N6O3S. The van der Waals surface area contributed by atoms with E-state index < -0.39 is 10.0 Å². The van der Waals surface area contributed by atoms with Crippen molar-refractivity contribution in [3.05, 3.63) is 22.6 Å². The third-order valence-corrected chi connectivity index (χ3v) is 6.09. The van der Waals surface area contributed by atoms with E-state index >= 15 is 0 Å². The lowest BCUT2D eigenvalue weighted by molar-refractivity contribution is 0.451. The van der Waals surface area contributed by atoms with Crippen molar-refractivity contribution in [2.24, 2.45) is 0 Å². The maximum Gasteiger partial charge on any atom is 0.254 e. The molecule has 9 nitrogen and oxygen atoms in total. The van der Waals surface area contributed by atoms with Gasteiger partial charge in [-0.3, -0.25) is 9.36 Å². The summed E-state index contributed by atoms with van der Waals surface area (Å²) in [6.07, 6.45) is 5.85. The number of nitrogen functional groups attached to an aromatic ring is 1. The number of fused-ring (bicyclic) bond motifs is 1. The van der Waals surface area contributed by atoms with E-state index in [9.17, 15) is 13.2 Å². The molecule has 4 rings (SSSR count). The van der Waals surface area contributed by atoms with E-state index in [1.165, 1.54) is 16.6 Å². The van der Waals surface area contributed by atoms with Gasteiger partial charge in [-0.25, -0.2) is 17.7 Å².